The van der Waals surface area contributed by atoms with Gasteiger partial charge in [0.2, 0.25) is 0 Å². The third-order valence-corrected chi connectivity index (χ3v) is 4.87. The summed E-state index contributed by atoms with van der Waals surface area (Å²) in [5.74, 6) is 1.31. The fraction of sp³-hybridized carbons (Fsp3) is 0.375. The second kappa shape index (κ2) is 5.25. The molecule has 3 rings (SSSR count). The number of hydrogen-bond acceptors (Lipinski definition) is 2. The van der Waals surface area contributed by atoms with Crippen molar-refractivity contribution in [2.45, 2.75) is 25.2 Å². The lowest BCUT2D eigenvalue weighted by Crippen LogP contribution is -2.33. The van der Waals surface area contributed by atoms with Gasteiger partial charge >= 0.3 is 0 Å². The van der Waals surface area contributed by atoms with E-state index in [-0.39, 0.29) is 0 Å². The summed E-state index contributed by atoms with van der Waals surface area (Å²) in [6.45, 7) is 4.43. The lowest BCUT2D eigenvalue weighted by atomic mass is 9.80. The molecule has 2 heterocycles. The topological polar surface area (TPSA) is 12.0 Å². The van der Waals surface area contributed by atoms with E-state index in [0.717, 1.165) is 13.1 Å². The van der Waals surface area contributed by atoms with Crippen molar-refractivity contribution in [3.8, 4) is 0 Å². The Balaban J connectivity index is 1.93. The smallest absolute Gasteiger partial charge is 0.00832 e. The zero-order chi connectivity index (χ0) is 12.4. The lowest BCUT2D eigenvalue weighted by Gasteiger charge is -2.32. The van der Waals surface area contributed by atoms with Crippen molar-refractivity contribution in [2.75, 3.05) is 13.1 Å². The van der Waals surface area contributed by atoms with Gasteiger partial charge in [-0.15, -0.1) is 11.3 Å². The van der Waals surface area contributed by atoms with Gasteiger partial charge < -0.3 is 5.32 Å². The molecular weight excluding hydrogens is 238 g/mol. The number of hydrogen-bond donors (Lipinski definition) is 1. The van der Waals surface area contributed by atoms with Gasteiger partial charge in [-0.2, -0.15) is 0 Å². The van der Waals surface area contributed by atoms with Crippen LogP contribution in [0.4, 0.5) is 0 Å². The van der Waals surface area contributed by atoms with Crippen LogP contribution in [0.2, 0.25) is 0 Å². The Morgan fingerprint density at radius 3 is 2.89 bits per heavy atom. The number of piperidine rings is 1. The Kier molecular flexibility index (Phi) is 3.48. The molecule has 1 nitrogen and oxygen atoms in total. The van der Waals surface area contributed by atoms with Gasteiger partial charge in [-0.05, 0) is 36.9 Å². The maximum atomic E-state index is 3.55. The summed E-state index contributed by atoms with van der Waals surface area (Å²) in [6, 6.07) is 13.5. The predicted octanol–water partition coefficient (Wildman–Crippen LogP) is 3.92. The molecule has 18 heavy (non-hydrogen) atoms. The minimum Gasteiger partial charge on any atom is -0.316 e. The molecule has 0 spiro atoms. The van der Waals surface area contributed by atoms with Gasteiger partial charge in [-0.25, -0.2) is 0 Å². The Morgan fingerprint density at radius 1 is 1.17 bits per heavy atom. The highest BCUT2D eigenvalue weighted by molar-refractivity contribution is 7.10. The van der Waals surface area contributed by atoms with Gasteiger partial charge in [0, 0.05) is 23.3 Å². The highest BCUT2D eigenvalue weighted by atomic mass is 32.1. The number of benzene rings is 1. The lowest BCUT2D eigenvalue weighted by molar-refractivity contribution is 0.408. The van der Waals surface area contributed by atoms with E-state index >= 15 is 0 Å². The first-order valence-electron chi connectivity index (χ1n) is 6.65. The van der Waals surface area contributed by atoms with Crippen LogP contribution in [0.25, 0.3) is 0 Å². The van der Waals surface area contributed by atoms with Gasteiger partial charge in [-0.3, -0.25) is 0 Å². The monoisotopic (exact) mass is 257 g/mol. The number of nitrogens with one attached hydrogen (secondary N) is 1. The molecule has 0 amide bonds. The first-order chi connectivity index (χ1) is 8.84. The molecule has 0 bridgehead atoms. The molecule has 1 aliphatic rings. The van der Waals surface area contributed by atoms with Crippen molar-refractivity contribution in [3.05, 3.63) is 57.8 Å². The van der Waals surface area contributed by atoms with Crippen LogP contribution in [0.3, 0.4) is 0 Å². The number of rotatable bonds is 2. The third kappa shape index (κ3) is 2.36. The van der Waals surface area contributed by atoms with Crippen LogP contribution in [0, 0.1) is 6.92 Å². The highest BCUT2D eigenvalue weighted by Gasteiger charge is 2.28. The molecule has 1 N–H and O–H groups in total. The van der Waals surface area contributed by atoms with E-state index in [0.29, 0.717) is 11.8 Å². The fourth-order valence-electron chi connectivity index (χ4n) is 2.95. The minimum atomic E-state index is 0.622. The van der Waals surface area contributed by atoms with E-state index in [1.165, 1.54) is 17.5 Å². The van der Waals surface area contributed by atoms with Gasteiger partial charge in [-0.1, -0.05) is 35.9 Å². The molecule has 2 heteroatoms. The van der Waals surface area contributed by atoms with E-state index in [4.69, 9.17) is 0 Å². The average Bonchev–Trinajstić information content (AvgIpc) is 2.92. The van der Waals surface area contributed by atoms with E-state index in [9.17, 15) is 0 Å². The van der Waals surface area contributed by atoms with Crippen molar-refractivity contribution in [1.29, 1.82) is 0 Å². The van der Waals surface area contributed by atoms with E-state index in [1.807, 2.05) is 11.3 Å². The average molecular weight is 257 g/mol. The summed E-state index contributed by atoms with van der Waals surface area (Å²) in [5, 5.41) is 5.75. The molecule has 1 aliphatic heterocycles. The van der Waals surface area contributed by atoms with E-state index in [1.54, 1.807) is 4.88 Å². The molecule has 2 unspecified atom stereocenters. The van der Waals surface area contributed by atoms with Crippen LogP contribution < -0.4 is 5.32 Å². The quantitative estimate of drug-likeness (QED) is 0.860. The first-order valence-corrected chi connectivity index (χ1v) is 7.53. The molecule has 0 radical (unpaired) electrons. The van der Waals surface area contributed by atoms with Crippen molar-refractivity contribution in [1.82, 2.24) is 5.32 Å². The second-order valence-corrected chi connectivity index (χ2v) is 6.11. The molecule has 1 fully saturated rings. The van der Waals surface area contributed by atoms with Crippen molar-refractivity contribution in [2.24, 2.45) is 0 Å². The van der Waals surface area contributed by atoms with Gasteiger partial charge in [0.05, 0.1) is 0 Å². The van der Waals surface area contributed by atoms with Crippen LogP contribution in [0.1, 0.15) is 34.3 Å². The highest BCUT2D eigenvalue weighted by Crippen LogP contribution is 2.39. The standard InChI is InChI=1S/C16H19NS/c1-12-4-2-5-13(10-12)15-11-17-8-7-14(15)16-6-3-9-18-16/h2-6,9-10,14-15,17H,7-8,11H2,1H3. The molecule has 1 saturated heterocycles. The van der Waals surface area contributed by atoms with Gasteiger partial charge in [0.15, 0.2) is 0 Å². The summed E-state index contributed by atoms with van der Waals surface area (Å²) < 4.78 is 0. The Morgan fingerprint density at radius 2 is 2.11 bits per heavy atom. The Bertz CT molecular complexity index is 504. The van der Waals surface area contributed by atoms with Crippen LogP contribution in [0.5, 0.6) is 0 Å². The molecule has 0 saturated carbocycles. The molecule has 0 aliphatic carbocycles. The summed E-state index contributed by atoms with van der Waals surface area (Å²) in [4.78, 5) is 1.54. The summed E-state index contributed by atoms with van der Waals surface area (Å²) in [6.07, 6.45) is 1.25. The Hall–Kier alpha value is -1.12. The normalized spacial score (nSPS) is 24.1. The van der Waals surface area contributed by atoms with Crippen LogP contribution in [-0.4, -0.2) is 13.1 Å². The molecule has 2 atom stereocenters. The number of aryl methyl sites for hydroxylation is 1. The molecule has 1 aromatic heterocycles. The van der Waals surface area contributed by atoms with Crippen molar-refractivity contribution >= 4 is 11.3 Å². The van der Waals surface area contributed by atoms with Gasteiger partial charge in [0.1, 0.15) is 0 Å². The van der Waals surface area contributed by atoms with E-state index < -0.39 is 0 Å². The van der Waals surface area contributed by atoms with Crippen LogP contribution >= 0.6 is 11.3 Å². The first kappa shape index (κ1) is 11.9. The molecule has 94 valence electrons. The minimum absolute atomic E-state index is 0.622. The third-order valence-electron chi connectivity index (χ3n) is 3.86. The SMILES string of the molecule is Cc1cccc(C2CNCCC2c2cccs2)c1. The summed E-state index contributed by atoms with van der Waals surface area (Å²) >= 11 is 1.90. The van der Waals surface area contributed by atoms with Crippen molar-refractivity contribution in [3.63, 3.8) is 0 Å². The van der Waals surface area contributed by atoms with Crippen LogP contribution in [0.15, 0.2) is 41.8 Å². The fourth-order valence-corrected chi connectivity index (χ4v) is 3.88. The second-order valence-electron chi connectivity index (χ2n) is 5.14. The molecule has 1 aromatic carbocycles. The molecule has 2 aromatic rings. The summed E-state index contributed by atoms with van der Waals surface area (Å²) in [5.41, 5.74) is 2.85. The maximum absolute atomic E-state index is 3.55. The maximum Gasteiger partial charge on any atom is 0.00832 e. The number of thiophene rings is 1. The van der Waals surface area contributed by atoms with Crippen molar-refractivity contribution < 1.29 is 0 Å². The van der Waals surface area contributed by atoms with Crippen LogP contribution in [-0.2, 0) is 0 Å². The Labute approximate surface area is 113 Å². The van der Waals surface area contributed by atoms with Gasteiger partial charge in [0.25, 0.3) is 0 Å². The predicted molar refractivity (Wildman–Crippen MR) is 78.5 cm³/mol. The largest absolute Gasteiger partial charge is 0.316 e. The summed E-state index contributed by atoms with van der Waals surface area (Å²) in [7, 11) is 0. The zero-order valence-electron chi connectivity index (χ0n) is 10.7. The zero-order valence-corrected chi connectivity index (χ0v) is 11.5. The molecular formula is C16H19NS. The van der Waals surface area contributed by atoms with E-state index in [2.05, 4.69) is 54.0 Å².